The van der Waals surface area contributed by atoms with Crippen molar-refractivity contribution in [1.29, 1.82) is 0 Å². The fraction of sp³-hybridized carbons (Fsp3) is 0.211. The summed E-state index contributed by atoms with van der Waals surface area (Å²) in [5, 5.41) is 9.86. The van der Waals surface area contributed by atoms with E-state index in [1.807, 2.05) is 54.6 Å². The molecule has 3 rings (SSSR count). The van der Waals surface area contributed by atoms with Gasteiger partial charge in [-0.1, -0.05) is 42.5 Å². The number of nitrogens with zero attached hydrogens (tertiary/aromatic N) is 1. The number of benzene rings is 2. The lowest BCUT2D eigenvalue weighted by Gasteiger charge is -2.18. The van der Waals surface area contributed by atoms with E-state index < -0.39 is 6.04 Å². The average Bonchev–Trinajstić information content (AvgIpc) is 3.07. The third-order valence-corrected chi connectivity index (χ3v) is 4.66. The standard InChI is InChI=1S/C19H20N4O2S/c1-13(24)22-17(14-7-3-2-4-8-14)19(25)21-12-11-20-18-15-9-5-6-10-16(15)26-23-18/h2-10,17H,11-12H2,1H3,(H,20,23)(H,21,25)(H,22,24)/t17-/m0/s1. The van der Waals surface area contributed by atoms with Crippen LogP contribution in [-0.2, 0) is 9.59 Å². The average molecular weight is 368 g/mol. The summed E-state index contributed by atoms with van der Waals surface area (Å²) in [6.45, 7) is 2.37. The van der Waals surface area contributed by atoms with Crippen molar-refractivity contribution in [3.63, 3.8) is 0 Å². The van der Waals surface area contributed by atoms with E-state index in [-0.39, 0.29) is 11.8 Å². The Labute approximate surface area is 155 Å². The molecule has 1 heterocycles. The maximum absolute atomic E-state index is 12.5. The monoisotopic (exact) mass is 368 g/mol. The highest BCUT2D eigenvalue weighted by Gasteiger charge is 2.20. The Bertz CT molecular complexity index is 895. The Hall–Kier alpha value is -2.93. The summed E-state index contributed by atoms with van der Waals surface area (Å²) in [7, 11) is 0. The smallest absolute Gasteiger partial charge is 0.247 e. The lowest BCUT2D eigenvalue weighted by atomic mass is 10.1. The first-order chi connectivity index (χ1) is 12.6. The van der Waals surface area contributed by atoms with Gasteiger partial charge in [-0.3, -0.25) is 9.59 Å². The fourth-order valence-electron chi connectivity index (χ4n) is 2.63. The third-order valence-electron chi connectivity index (χ3n) is 3.84. The van der Waals surface area contributed by atoms with Crippen molar-refractivity contribution in [1.82, 2.24) is 15.0 Å². The predicted octanol–water partition coefficient (Wildman–Crippen LogP) is 2.70. The van der Waals surface area contributed by atoms with Gasteiger partial charge in [0.05, 0.1) is 4.70 Å². The maximum atomic E-state index is 12.5. The SMILES string of the molecule is CC(=O)N[C@H](C(=O)NCCNc1nsc2ccccc12)c1ccccc1. The van der Waals surface area contributed by atoms with Gasteiger partial charge in [0.2, 0.25) is 11.8 Å². The zero-order valence-electron chi connectivity index (χ0n) is 14.4. The van der Waals surface area contributed by atoms with E-state index in [1.54, 1.807) is 0 Å². The number of aromatic nitrogens is 1. The number of amides is 2. The normalized spacial score (nSPS) is 11.7. The zero-order valence-corrected chi connectivity index (χ0v) is 15.2. The molecule has 0 saturated carbocycles. The molecule has 2 amide bonds. The zero-order chi connectivity index (χ0) is 18.4. The molecule has 134 valence electrons. The van der Waals surface area contributed by atoms with Gasteiger partial charge in [-0.05, 0) is 29.2 Å². The van der Waals surface area contributed by atoms with E-state index in [4.69, 9.17) is 0 Å². The van der Waals surface area contributed by atoms with E-state index in [0.29, 0.717) is 13.1 Å². The van der Waals surface area contributed by atoms with Crippen LogP contribution in [-0.4, -0.2) is 29.3 Å². The summed E-state index contributed by atoms with van der Waals surface area (Å²) in [5.74, 6) is 0.332. The predicted molar refractivity (Wildman–Crippen MR) is 104 cm³/mol. The van der Waals surface area contributed by atoms with Crippen LogP contribution in [0.5, 0.6) is 0 Å². The molecule has 0 saturated heterocycles. The second-order valence-electron chi connectivity index (χ2n) is 5.79. The van der Waals surface area contributed by atoms with Gasteiger partial charge in [0.25, 0.3) is 0 Å². The molecule has 0 aliphatic rings. The molecule has 0 fully saturated rings. The molecule has 0 radical (unpaired) electrons. The third kappa shape index (κ3) is 4.37. The topological polar surface area (TPSA) is 83.1 Å². The van der Waals surface area contributed by atoms with Crippen molar-refractivity contribution < 1.29 is 9.59 Å². The first kappa shape index (κ1) is 17.9. The second kappa shape index (κ2) is 8.44. The van der Waals surface area contributed by atoms with Gasteiger partial charge >= 0.3 is 0 Å². The molecule has 7 heteroatoms. The molecule has 1 aromatic heterocycles. The minimum Gasteiger partial charge on any atom is -0.367 e. The first-order valence-electron chi connectivity index (χ1n) is 8.33. The number of anilines is 1. The fourth-order valence-corrected chi connectivity index (χ4v) is 3.39. The van der Waals surface area contributed by atoms with Crippen LogP contribution in [0.4, 0.5) is 5.82 Å². The van der Waals surface area contributed by atoms with Crippen LogP contribution in [0.15, 0.2) is 54.6 Å². The molecule has 0 bridgehead atoms. The molecule has 0 unspecified atom stereocenters. The highest BCUT2D eigenvalue weighted by atomic mass is 32.1. The van der Waals surface area contributed by atoms with Gasteiger partial charge in [-0.2, -0.15) is 4.37 Å². The second-order valence-corrected chi connectivity index (χ2v) is 6.59. The lowest BCUT2D eigenvalue weighted by molar-refractivity contribution is -0.128. The molecule has 2 aromatic carbocycles. The Morgan fingerprint density at radius 3 is 2.54 bits per heavy atom. The van der Waals surface area contributed by atoms with Gasteiger partial charge in [-0.25, -0.2) is 0 Å². The summed E-state index contributed by atoms with van der Waals surface area (Å²) in [4.78, 5) is 23.9. The summed E-state index contributed by atoms with van der Waals surface area (Å²) in [6.07, 6.45) is 0. The van der Waals surface area contributed by atoms with Crippen LogP contribution >= 0.6 is 11.5 Å². The molecule has 1 atom stereocenters. The van der Waals surface area contributed by atoms with Crippen molar-refractivity contribution in [2.24, 2.45) is 0 Å². The Morgan fingerprint density at radius 2 is 1.77 bits per heavy atom. The molecule has 0 spiro atoms. The van der Waals surface area contributed by atoms with Crippen LogP contribution in [0, 0.1) is 0 Å². The largest absolute Gasteiger partial charge is 0.367 e. The minimum absolute atomic E-state index is 0.240. The molecular formula is C19H20N4O2S. The molecule has 6 nitrogen and oxygen atoms in total. The Kier molecular flexibility index (Phi) is 5.80. The van der Waals surface area contributed by atoms with Crippen molar-refractivity contribution in [3.05, 3.63) is 60.2 Å². The van der Waals surface area contributed by atoms with Gasteiger partial charge in [0, 0.05) is 25.4 Å². The molecule has 26 heavy (non-hydrogen) atoms. The first-order valence-corrected chi connectivity index (χ1v) is 9.10. The Balaban J connectivity index is 1.56. The van der Waals surface area contributed by atoms with E-state index in [2.05, 4.69) is 20.3 Å². The lowest BCUT2D eigenvalue weighted by Crippen LogP contribution is -2.41. The van der Waals surface area contributed by atoms with Gasteiger partial charge in [-0.15, -0.1) is 0 Å². The molecular weight excluding hydrogens is 348 g/mol. The molecule has 0 aliphatic carbocycles. The van der Waals surface area contributed by atoms with Crippen LogP contribution in [0.2, 0.25) is 0 Å². The van der Waals surface area contributed by atoms with E-state index in [1.165, 1.54) is 18.5 Å². The molecule has 3 aromatic rings. The summed E-state index contributed by atoms with van der Waals surface area (Å²) in [6, 6.07) is 16.5. The number of hydrogen-bond donors (Lipinski definition) is 3. The summed E-state index contributed by atoms with van der Waals surface area (Å²) in [5.41, 5.74) is 0.749. The van der Waals surface area contributed by atoms with E-state index in [0.717, 1.165) is 21.5 Å². The van der Waals surface area contributed by atoms with Crippen LogP contribution in [0.1, 0.15) is 18.5 Å². The number of carbonyl (C=O) groups excluding carboxylic acids is 2. The van der Waals surface area contributed by atoms with Crippen molar-refractivity contribution in [3.8, 4) is 0 Å². The minimum atomic E-state index is -0.700. The van der Waals surface area contributed by atoms with Gasteiger partial charge in [0.1, 0.15) is 11.9 Å². The number of rotatable bonds is 7. The van der Waals surface area contributed by atoms with Crippen LogP contribution < -0.4 is 16.0 Å². The summed E-state index contributed by atoms with van der Waals surface area (Å²) >= 11 is 1.44. The van der Waals surface area contributed by atoms with Gasteiger partial charge in [0.15, 0.2) is 0 Å². The van der Waals surface area contributed by atoms with Crippen molar-refractivity contribution in [2.45, 2.75) is 13.0 Å². The highest BCUT2D eigenvalue weighted by Crippen LogP contribution is 2.25. The van der Waals surface area contributed by atoms with Crippen LogP contribution in [0.3, 0.4) is 0 Å². The maximum Gasteiger partial charge on any atom is 0.247 e. The van der Waals surface area contributed by atoms with Crippen molar-refractivity contribution >= 4 is 39.3 Å². The van der Waals surface area contributed by atoms with Crippen LogP contribution in [0.25, 0.3) is 10.1 Å². The quantitative estimate of drug-likeness (QED) is 0.560. The van der Waals surface area contributed by atoms with Crippen molar-refractivity contribution in [2.75, 3.05) is 18.4 Å². The summed E-state index contributed by atoms with van der Waals surface area (Å²) < 4.78 is 5.51. The number of fused-ring (bicyclic) bond motifs is 1. The molecule has 3 N–H and O–H groups in total. The number of nitrogens with one attached hydrogen (secondary N) is 3. The van der Waals surface area contributed by atoms with E-state index in [9.17, 15) is 9.59 Å². The van der Waals surface area contributed by atoms with Gasteiger partial charge < -0.3 is 16.0 Å². The molecule has 0 aliphatic heterocycles. The number of hydrogen-bond acceptors (Lipinski definition) is 5. The Morgan fingerprint density at radius 1 is 1.04 bits per heavy atom. The number of carbonyl (C=O) groups is 2. The van der Waals surface area contributed by atoms with E-state index >= 15 is 0 Å². The highest BCUT2D eigenvalue weighted by molar-refractivity contribution is 7.13.